The van der Waals surface area contributed by atoms with Gasteiger partial charge in [-0.15, -0.1) is 0 Å². The van der Waals surface area contributed by atoms with E-state index in [2.05, 4.69) is 34.9 Å². The largest absolute Gasteiger partial charge is 0.356 e. The van der Waals surface area contributed by atoms with Gasteiger partial charge >= 0.3 is 0 Å². The minimum atomic E-state index is 0.604. The topological polar surface area (TPSA) is 26.0 Å². The summed E-state index contributed by atoms with van der Waals surface area (Å²) >= 11 is 3.40. The number of fused-ring (bicyclic) bond motifs is 1. The van der Waals surface area contributed by atoms with Crippen LogP contribution in [0.3, 0.4) is 0 Å². The van der Waals surface area contributed by atoms with E-state index in [1.54, 1.807) is 0 Å². The molecule has 2 nitrogen and oxygen atoms in total. The van der Waals surface area contributed by atoms with E-state index in [0.29, 0.717) is 5.92 Å². The van der Waals surface area contributed by atoms with E-state index in [9.17, 15) is 0 Å². The van der Waals surface area contributed by atoms with E-state index < -0.39 is 0 Å². The predicted octanol–water partition coefficient (Wildman–Crippen LogP) is 3.79. The molecule has 1 heterocycles. The van der Waals surface area contributed by atoms with E-state index in [1.807, 2.05) is 18.2 Å². The molecule has 0 saturated carbocycles. The third kappa shape index (κ3) is 1.82. The molecule has 0 bridgehead atoms. The molecule has 0 unspecified atom stereocenters. The Bertz CT molecular complexity index is 447. The summed E-state index contributed by atoms with van der Waals surface area (Å²) in [5.41, 5.74) is 1.91. The maximum atomic E-state index is 5.25. The van der Waals surface area contributed by atoms with Crippen molar-refractivity contribution in [3.05, 3.63) is 28.4 Å². The average molecular weight is 254 g/mol. The van der Waals surface area contributed by atoms with Crippen LogP contribution >= 0.6 is 15.9 Å². The van der Waals surface area contributed by atoms with Gasteiger partial charge in [-0.25, -0.2) is 0 Å². The van der Waals surface area contributed by atoms with Gasteiger partial charge in [0.2, 0.25) is 0 Å². The van der Waals surface area contributed by atoms with E-state index in [4.69, 9.17) is 4.52 Å². The van der Waals surface area contributed by atoms with Crippen LogP contribution in [-0.4, -0.2) is 5.16 Å². The van der Waals surface area contributed by atoms with Crippen molar-refractivity contribution in [2.24, 2.45) is 5.92 Å². The lowest BCUT2D eigenvalue weighted by atomic mass is 10.1. The fourth-order valence-corrected chi connectivity index (χ4v) is 1.84. The fourth-order valence-electron chi connectivity index (χ4n) is 1.50. The molecule has 0 aliphatic carbocycles. The van der Waals surface area contributed by atoms with E-state index in [1.165, 1.54) is 0 Å². The zero-order valence-corrected chi connectivity index (χ0v) is 9.84. The molecular weight excluding hydrogens is 242 g/mol. The van der Waals surface area contributed by atoms with Gasteiger partial charge in [-0.1, -0.05) is 34.9 Å². The molecule has 74 valence electrons. The van der Waals surface area contributed by atoms with Crippen molar-refractivity contribution in [1.29, 1.82) is 0 Å². The first-order chi connectivity index (χ1) is 6.66. The monoisotopic (exact) mass is 253 g/mol. The highest BCUT2D eigenvalue weighted by atomic mass is 79.9. The highest BCUT2D eigenvalue weighted by Gasteiger charge is 2.09. The van der Waals surface area contributed by atoms with Gasteiger partial charge in [-0.3, -0.25) is 0 Å². The van der Waals surface area contributed by atoms with Crippen molar-refractivity contribution in [1.82, 2.24) is 5.16 Å². The maximum Gasteiger partial charge on any atom is 0.168 e. The van der Waals surface area contributed by atoms with E-state index >= 15 is 0 Å². The Balaban J connectivity index is 2.47. The molecule has 0 spiro atoms. The van der Waals surface area contributed by atoms with Crippen molar-refractivity contribution in [2.45, 2.75) is 20.3 Å². The zero-order chi connectivity index (χ0) is 10.1. The quantitative estimate of drug-likeness (QED) is 0.814. The lowest BCUT2D eigenvalue weighted by Crippen LogP contribution is -1.94. The lowest BCUT2D eigenvalue weighted by molar-refractivity contribution is 0.439. The molecule has 1 aromatic heterocycles. The minimum Gasteiger partial charge on any atom is -0.356 e. The summed E-state index contributed by atoms with van der Waals surface area (Å²) in [4.78, 5) is 0. The number of hydrogen-bond acceptors (Lipinski definition) is 2. The van der Waals surface area contributed by atoms with Crippen LogP contribution in [0.4, 0.5) is 0 Å². The molecule has 1 aromatic carbocycles. The minimum absolute atomic E-state index is 0.604. The summed E-state index contributed by atoms with van der Waals surface area (Å²) in [6.07, 6.45) is 0.967. The number of hydrogen-bond donors (Lipinski definition) is 0. The normalized spacial score (nSPS) is 11.4. The molecule has 0 radical (unpaired) electrons. The Morgan fingerprint density at radius 3 is 2.93 bits per heavy atom. The number of nitrogens with zero attached hydrogens (tertiary/aromatic N) is 1. The highest BCUT2D eigenvalue weighted by Crippen LogP contribution is 2.24. The van der Waals surface area contributed by atoms with Crippen LogP contribution in [0, 0.1) is 5.92 Å². The molecule has 0 amide bonds. The number of aromatic nitrogens is 1. The third-order valence-corrected chi connectivity index (χ3v) is 2.60. The molecule has 2 aromatic rings. The molecule has 2 rings (SSSR count). The number of halogens is 1. The Labute approximate surface area is 91.4 Å². The van der Waals surface area contributed by atoms with Gasteiger partial charge in [0.15, 0.2) is 5.58 Å². The van der Waals surface area contributed by atoms with Crippen LogP contribution in [0.2, 0.25) is 0 Å². The Morgan fingerprint density at radius 2 is 2.21 bits per heavy atom. The van der Waals surface area contributed by atoms with Gasteiger partial charge < -0.3 is 4.52 Å². The summed E-state index contributed by atoms with van der Waals surface area (Å²) in [5, 5.41) is 5.21. The second kappa shape index (κ2) is 3.73. The SMILES string of the molecule is CC(C)Cc1noc2cc(Br)ccc12. The van der Waals surface area contributed by atoms with Gasteiger partial charge in [-0.2, -0.15) is 0 Å². The van der Waals surface area contributed by atoms with Gasteiger partial charge in [0, 0.05) is 9.86 Å². The number of benzene rings is 1. The van der Waals surface area contributed by atoms with Crippen molar-refractivity contribution in [2.75, 3.05) is 0 Å². The summed E-state index contributed by atoms with van der Waals surface area (Å²) in [5.74, 6) is 0.604. The molecule has 0 aliphatic rings. The van der Waals surface area contributed by atoms with E-state index in [-0.39, 0.29) is 0 Å². The summed E-state index contributed by atoms with van der Waals surface area (Å²) in [7, 11) is 0. The molecule has 0 aliphatic heterocycles. The highest BCUT2D eigenvalue weighted by molar-refractivity contribution is 9.10. The van der Waals surface area contributed by atoms with Crippen LogP contribution in [-0.2, 0) is 6.42 Å². The van der Waals surface area contributed by atoms with Crippen LogP contribution in [0.1, 0.15) is 19.5 Å². The van der Waals surface area contributed by atoms with Gasteiger partial charge in [0.1, 0.15) is 0 Å². The molecule has 3 heteroatoms. The zero-order valence-electron chi connectivity index (χ0n) is 8.25. The summed E-state index contributed by atoms with van der Waals surface area (Å²) in [6, 6.07) is 6.02. The van der Waals surface area contributed by atoms with Crippen LogP contribution in [0.5, 0.6) is 0 Å². The number of rotatable bonds is 2. The van der Waals surface area contributed by atoms with Crippen molar-refractivity contribution >= 4 is 26.9 Å². The van der Waals surface area contributed by atoms with E-state index in [0.717, 1.165) is 27.6 Å². The van der Waals surface area contributed by atoms with Gasteiger partial charge in [-0.05, 0) is 30.5 Å². The van der Waals surface area contributed by atoms with Gasteiger partial charge in [0.05, 0.1) is 5.69 Å². The smallest absolute Gasteiger partial charge is 0.168 e. The first-order valence-corrected chi connectivity index (χ1v) is 5.50. The standard InChI is InChI=1S/C11H12BrNO/c1-7(2)5-10-9-4-3-8(12)6-11(9)14-13-10/h3-4,6-7H,5H2,1-2H3. The van der Waals surface area contributed by atoms with Crippen molar-refractivity contribution < 1.29 is 4.52 Å². The molecule has 0 fully saturated rings. The van der Waals surface area contributed by atoms with Crippen LogP contribution < -0.4 is 0 Å². The first-order valence-electron chi connectivity index (χ1n) is 4.70. The second-order valence-electron chi connectivity index (χ2n) is 3.87. The Hall–Kier alpha value is -0.830. The Kier molecular flexibility index (Phi) is 2.59. The molecule has 0 saturated heterocycles. The predicted molar refractivity (Wildman–Crippen MR) is 60.3 cm³/mol. The lowest BCUT2D eigenvalue weighted by Gasteiger charge is -1.99. The maximum absolute atomic E-state index is 5.25. The first kappa shape index (κ1) is 9.71. The van der Waals surface area contributed by atoms with Crippen molar-refractivity contribution in [3.63, 3.8) is 0 Å². The van der Waals surface area contributed by atoms with Crippen molar-refractivity contribution in [3.8, 4) is 0 Å². The molecule has 14 heavy (non-hydrogen) atoms. The molecule has 0 atom stereocenters. The van der Waals surface area contributed by atoms with Crippen LogP contribution in [0.15, 0.2) is 27.2 Å². The fraction of sp³-hybridized carbons (Fsp3) is 0.364. The summed E-state index contributed by atoms with van der Waals surface area (Å²) < 4.78 is 6.28. The van der Waals surface area contributed by atoms with Gasteiger partial charge in [0.25, 0.3) is 0 Å². The molecule has 0 N–H and O–H groups in total. The average Bonchev–Trinajstić information content (AvgIpc) is 2.47. The molecular formula is C11H12BrNO. The summed E-state index contributed by atoms with van der Waals surface area (Å²) in [6.45, 7) is 4.36. The van der Waals surface area contributed by atoms with Crippen LogP contribution in [0.25, 0.3) is 11.0 Å². The third-order valence-electron chi connectivity index (χ3n) is 2.11. The second-order valence-corrected chi connectivity index (χ2v) is 4.78. The Morgan fingerprint density at radius 1 is 1.43 bits per heavy atom.